The van der Waals surface area contributed by atoms with Crippen molar-refractivity contribution in [1.29, 1.82) is 5.26 Å². The van der Waals surface area contributed by atoms with Gasteiger partial charge >= 0.3 is 0 Å². The second kappa shape index (κ2) is 5.83. The van der Waals surface area contributed by atoms with E-state index >= 15 is 0 Å². The highest BCUT2D eigenvalue weighted by Crippen LogP contribution is 2.26. The highest BCUT2D eigenvalue weighted by atomic mass is 79.9. The van der Waals surface area contributed by atoms with Gasteiger partial charge in [0.25, 0.3) is 10.0 Å². The molecule has 4 nitrogen and oxygen atoms in total. The Morgan fingerprint density at radius 1 is 1.15 bits per heavy atom. The van der Waals surface area contributed by atoms with Crippen LogP contribution in [0.4, 0.5) is 5.69 Å². The summed E-state index contributed by atoms with van der Waals surface area (Å²) in [5.74, 6) is 0. The molecule has 0 aliphatic carbocycles. The van der Waals surface area contributed by atoms with E-state index in [-0.39, 0.29) is 15.6 Å². The second-order valence-corrected chi connectivity index (χ2v) is 6.87. The molecule has 0 aliphatic heterocycles. The fourth-order valence-electron chi connectivity index (χ4n) is 1.48. The largest absolute Gasteiger partial charge is 0.278 e. The Labute approximate surface area is 130 Å². The van der Waals surface area contributed by atoms with E-state index in [4.69, 9.17) is 16.9 Å². The molecule has 0 amide bonds. The SMILES string of the molecule is N#Cc1ccc(NS(=O)(=O)c2ccc(Br)cc2)c(Cl)c1. The number of nitrogens with zero attached hydrogens (tertiary/aromatic N) is 1. The monoisotopic (exact) mass is 370 g/mol. The third-order valence-electron chi connectivity index (χ3n) is 2.47. The van der Waals surface area contributed by atoms with Crippen molar-refractivity contribution in [2.24, 2.45) is 0 Å². The van der Waals surface area contributed by atoms with Crippen molar-refractivity contribution in [3.05, 3.63) is 57.5 Å². The predicted octanol–water partition coefficient (Wildman–Crippen LogP) is 3.77. The molecule has 2 aromatic rings. The number of nitriles is 1. The molecule has 102 valence electrons. The van der Waals surface area contributed by atoms with Crippen molar-refractivity contribution in [3.63, 3.8) is 0 Å². The Balaban J connectivity index is 2.34. The molecule has 2 aromatic carbocycles. The quantitative estimate of drug-likeness (QED) is 0.892. The van der Waals surface area contributed by atoms with Gasteiger partial charge in [-0.1, -0.05) is 27.5 Å². The summed E-state index contributed by atoms with van der Waals surface area (Å²) in [7, 11) is -3.71. The highest BCUT2D eigenvalue weighted by molar-refractivity contribution is 9.10. The summed E-state index contributed by atoms with van der Waals surface area (Å²) in [4.78, 5) is 0.126. The first-order valence-corrected chi connectivity index (χ1v) is 8.06. The maximum absolute atomic E-state index is 12.2. The van der Waals surface area contributed by atoms with Crippen molar-refractivity contribution < 1.29 is 8.42 Å². The van der Waals surface area contributed by atoms with Crippen LogP contribution in [0.15, 0.2) is 51.8 Å². The third-order valence-corrected chi connectivity index (χ3v) is 4.69. The molecule has 1 N–H and O–H groups in total. The zero-order valence-electron chi connectivity index (χ0n) is 9.97. The number of anilines is 1. The molecule has 2 rings (SSSR count). The Morgan fingerprint density at radius 3 is 2.35 bits per heavy atom. The van der Waals surface area contributed by atoms with Gasteiger partial charge in [-0.05, 0) is 42.5 Å². The molecule has 0 fully saturated rings. The Bertz CT molecular complexity index is 783. The van der Waals surface area contributed by atoms with Crippen LogP contribution >= 0.6 is 27.5 Å². The maximum Gasteiger partial charge on any atom is 0.261 e. The molecule has 0 bridgehead atoms. The van der Waals surface area contributed by atoms with Crippen LogP contribution in [-0.2, 0) is 10.0 Å². The van der Waals surface area contributed by atoms with Crippen LogP contribution < -0.4 is 4.72 Å². The van der Waals surface area contributed by atoms with Crippen molar-refractivity contribution >= 4 is 43.2 Å². The van der Waals surface area contributed by atoms with Crippen molar-refractivity contribution in [2.45, 2.75) is 4.90 Å². The van der Waals surface area contributed by atoms with Crippen LogP contribution in [0.2, 0.25) is 5.02 Å². The van der Waals surface area contributed by atoms with Crippen LogP contribution in [0.25, 0.3) is 0 Å². The molecule has 0 radical (unpaired) electrons. The Hall–Kier alpha value is -1.55. The summed E-state index contributed by atoms with van der Waals surface area (Å²) in [6, 6.07) is 12.5. The van der Waals surface area contributed by atoms with E-state index in [1.54, 1.807) is 12.1 Å². The molecule has 0 aliphatic rings. The average molecular weight is 372 g/mol. The molecule has 0 aromatic heterocycles. The lowest BCUT2D eigenvalue weighted by atomic mass is 10.2. The van der Waals surface area contributed by atoms with Crippen LogP contribution in [0, 0.1) is 11.3 Å². The summed E-state index contributed by atoms with van der Waals surface area (Å²) in [6.07, 6.45) is 0. The van der Waals surface area contributed by atoms with E-state index in [2.05, 4.69) is 20.7 Å². The van der Waals surface area contributed by atoms with Crippen molar-refractivity contribution in [3.8, 4) is 6.07 Å². The minimum Gasteiger partial charge on any atom is -0.278 e. The number of halogens is 2. The van der Waals surface area contributed by atoms with Crippen LogP contribution in [0.1, 0.15) is 5.56 Å². The van der Waals surface area contributed by atoms with Gasteiger partial charge in [-0.2, -0.15) is 5.26 Å². The van der Waals surface area contributed by atoms with Gasteiger partial charge in [0, 0.05) is 4.47 Å². The number of rotatable bonds is 3. The molecular weight excluding hydrogens is 364 g/mol. The van der Waals surface area contributed by atoms with Gasteiger partial charge in [-0.15, -0.1) is 0 Å². The van der Waals surface area contributed by atoms with Gasteiger partial charge in [0.2, 0.25) is 0 Å². The molecule has 0 saturated heterocycles. The predicted molar refractivity (Wildman–Crippen MR) is 81.1 cm³/mol. The van der Waals surface area contributed by atoms with E-state index < -0.39 is 10.0 Å². The molecule has 0 saturated carbocycles. The molecule has 20 heavy (non-hydrogen) atoms. The van der Waals surface area contributed by atoms with E-state index in [0.717, 1.165) is 4.47 Å². The number of benzene rings is 2. The fraction of sp³-hybridized carbons (Fsp3) is 0. The van der Waals surface area contributed by atoms with E-state index in [0.29, 0.717) is 5.56 Å². The highest BCUT2D eigenvalue weighted by Gasteiger charge is 2.15. The minimum atomic E-state index is -3.71. The first-order valence-electron chi connectivity index (χ1n) is 5.40. The van der Waals surface area contributed by atoms with Gasteiger partial charge in [0.15, 0.2) is 0 Å². The molecule has 0 unspecified atom stereocenters. The molecule has 7 heteroatoms. The average Bonchev–Trinajstić information content (AvgIpc) is 2.41. The lowest BCUT2D eigenvalue weighted by Gasteiger charge is -2.09. The number of sulfonamides is 1. The molecule has 0 atom stereocenters. The van der Waals surface area contributed by atoms with Gasteiger partial charge < -0.3 is 0 Å². The fourth-order valence-corrected chi connectivity index (χ4v) is 3.11. The van der Waals surface area contributed by atoms with Crippen LogP contribution in [0.3, 0.4) is 0 Å². The van der Waals surface area contributed by atoms with Gasteiger partial charge in [-0.25, -0.2) is 8.42 Å². The van der Waals surface area contributed by atoms with E-state index in [1.165, 1.54) is 30.3 Å². The van der Waals surface area contributed by atoms with E-state index in [9.17, 15) is 8.42 Å². The lowest BCUT2D eigenvalue weighted by Crippen LogP contribution is -2.13. The summed E-state index contributed by atoms with van der Waals surface area (Å²) < 4.78 is 27.5. The second-order valence-electron chi connectivity index (χ2n) is 3.87. The number of hydrogen-bond donors (Lipinski definition) is 1. The summed E-state index contributed by atoms with van der Waals surface area (Å²) >= 11 is 9.18. The first kappa shape index (κ1) is 14.9. The van der Waals surface area contributed by atoms with Gasteiger partial charge in [-0.3, -0.25) is 4.72 Å². The molecule has 0 heterocycles. The number of nitrogens with one attached hydrogen (secondary N) is 1. The first-order chi connectivity index (χ1) is 9.42. The number of hydrogen-bond acceptors (Lipinski definition) is 3. The maximum atomic E-state index is 12.2. The van der Waals surface area contributed by atoms with Crippen LogP contribution in [-0.4, -0.2) is 8.42 Å². The van der Waals surface area contributed by atoms with Gasteiger partial charge in [0.05, 0.1) is 27.2 Å². The standard InChI is InChI=1S/C13H8BrClN2O2S/c14-10-2-4-11(5-3-10)20(18,19)17-13-6-1-9(8-16)7-12(13)15/h1-7,17H. The van der Waals surface area contributed by atoms with Crippen LogP contribution in [0.5, 0.6) is 0 Å². The molecular formula is C13H8BrClN2O2S. The Kier molecular flexibility index (Phi) is 4.33. The zero-order valence-corrected chi connectivity index (χ0v) is 13.1. The third kappa shape index (κ3) is 3.31. The normalized spacial score (nSPS) is 10.8. The lowest BCUT2D eigenvalue weighted by molar-refractivity contribution is 0.601. The van der Waals surface area contributed by atoms with Gasteiger partial charge in [0.1, 0.15) is 0 Å². The Morgan fingerprint density at radius 2 is 1.80 bits per heavy atom. The summed E-state index contributed by atoms with van der Waals surface area (Å²) in [5.41, 5.74) is 0.593. The smallest absolute Gasteiger partial charge is 0.261 e. The zero-order chi connectivity index (χ0) is 14.8. The summed E-state index contributed by atoms with van der Waals surface area (Å²) in [5, 5.41) is 8.91. The minimum absolute atomic E-state index is 0.126. The van der Waals surface area contributed by atoms with Crippen molar-refractivity contribution in [2.75, 3.05) is 4.72 Å². The summed E-state index contributed by atoms with van der Waals surface area (Å²) in [6.45, 7) is 0. The topological polar surface area (TPSA) is 70.0 Å². The van der Waals surface area contributed by atoms with Crippen molar-refractivity contribution in [1.82, 2.24) is 0 Å². The molecule has 0 spiro atoms. The van der Waals surface area contributed by atoms with E-state index in [1.807, 2.05) is 6.07 Å².